The second kappa shape index (κ2) is 3.63. The Bertz CT molecular complexity index is 95.4. The molecule has 1 aliphatic heterocycles. The molecule has 10 heavy (non-hydrogen) atoms. The quantitative estimate of drug-likeness (QED) is 0.633. The smallest absolute Gasteiger partial charge is 0.0575 e. The van der Waals surface area contributed by atoms with Crippen molar-refractivity contribution < 1.29 is 5.11 Å². The number of aliphatic hydroxyl groups is 1. The first-order valence-corrected chi connectivity index (χ1v) is 5.00. The maximum absolute atomic E-state index is 9.05. The molecule has 1 rings (SSSR count). The average molecular weight is 160 g/mol. The van der Waals surface area contributed by atoms with E-state index in [1.54, 1.807) is 0 Å². The van der Waals surface area contributed by atoms with Crippen molar-refractivity contribution in [3.63, 3.8) is 0 Å². The first kappa shape index (κ1) is 8.41. The summed E-state index contributed by atoms with van der Waals surface area (Å²) in [6, 6.07) is 0. The Kier molecular flexibility index (Phi) is 3.05. The zero-order valence-electron chi connectivity index (χ0n) is 6.60. The number of rotatable bonds is 1. The Morgan fingerprint density at radius 1 is 1.40 bits per heavy atom. The molecule has 0 spiro atoms. The van der Waals surface area contributed by atoms with E-state index in [1.807, 2.05) is 11.8 Å². The molecule has 0 bridgehead atoms. The standard InChI is InChI=1S/C8H16OS/c1-8(7-9)5-3-2-4-6-10-8/h9H,2-7H2,1H3. The zero-order chi connectivity index (χ0) is 7.45. The van der Waals surface area contributed by atoms with Crippen molar-refractivity contribution >= 4 is 11.8 Å². The molecule has 1 unspecified atom stereocenters. The second-order valence-electron chi connectivity index (χ2n) is 3.27. The third kappa shape index (κ3) is 2.17. The van der Waals surface area contributed by atoms with Gasteiger partial charge in [0.2, 0.25) is 0 Å². The minimum absolute atomic E-state index is 0.177. The molecule has 0 aromatic carbocycles. The normalized spacial score (nSPS) is 35.4. The van der Waals surface area contributed by atoms with Gasteiger partial charge < -0.3 is 5.11 Å². The highest BCUT2D eigenvalue weighted by atomic mass is 32.2. The van der Waals surface area contributed by atoms with E-state index in [9.17, 15) is 0 Å². The molecule has 1 heterocycles. The van der Waals surface area contributed by atoms with E-state index >= 15 is 0 Å². The lowest BCUT2D eigenvalue weighted by Gasteiger charge is -2.23. The van der Waals surface area contributed by atoms with Gasteiger partial charge in [-0.05, 0) is 25.5 Å². The van der Waals surface area contributed by atoms with Gasteiger partial charge in [-0.25, -0.2) is 0 Å². The molecule has 1 N–H and O–H groups in total. The minimum Gasteiger partial charge on any atom is -0.395 e. The average Bonchev–Trinajstić information content (AvgIpc) is 2.15. The molecule has 0 aromatic rings. The van der Waals surface area contributed by atoms with Crippen LogP contribution in [0.5, 0.6) is 0 Å². The maximum atomic E-state index is 9.05. The molecule has 0 saturated carbocycles. The second-order valence-corrected chi connectivity index (χ2v) is 4.95. The first-order chi connectivity index (χ1) is 4.77. The first-order valence-electron chi connectivity index (χ1n) is 4.02. The summed E-state index contributed by atoms with van der Waals surface area (Å²) in [5.41, 5.74) is 0. The van der Waals surface area contributed by atoms with Crippen molar-refractivity contribution in [1.29, 1.82) is 0 Å². The molecule has 60 valence electrons. The fraction of sp³-hybridized carbons (Fsp3) is 1.00. The predicted octanol–water partition coefficient (Wildman–Crippen LogP) is 2.04. The van der Waals surface area contributed by atoms with Crippen molar-refractivity contribution in [1.82, 2.24) is 0 Å². The van der Waals surface area contributed by atoms with Gasteiger partial charge >= 0.3 is 0 Å². The molecule has 0 aromatic heterocycles. The molecular weight excluding hydrogens is 144 g/mol. The Morgan fingerprint density at radius 3 is 2.90 bits per heavy atom. The monoisotopic (exact) mass is 160 g/mol. The van der Waals surface area contributed by atoms with E-state index in [2.05, 4.69) is 6.92 Å². The lowest BCUT2D eigenvalue weighted by Crippen LogP contribution is -2.24. The highest BCUT2D eigenvalue weighted by Crippen LogP contribution is 2.33. The molecule has 1 fully saturated rings. The van der Waals surface area contributed by atoms with Gasteiger partial charge in [0, 0.05) is 4.75 Å². The summed E-state index contributed by atoms with van der Waals surface area (Å²) in [4.78, 5) is 0. The lowest BCUT2D eigenvalue weighted by atomic mass is 10.0. The fourth-order valence-corrected chi connectivity index (χ4v) is 2.51. The predicted molar refractivity (Wildman–Crippen MR) is 46.4 cm³/mol. The van der Waals surface area contributed by atoms with Crippen LogP contribution in [0.15, 0.2) is 0 Å². The Morgan fingerprint density at radius 2 is 2.20 bits per heavy atom. The van der Waals surface area contributed by atoms with Crippen LogP contribution in [0.2, 0.25) is 0 Å². The van der Waals surface area contributed by atoms with Gasteiger partial charge in [-0.3, -0.25) is 0 Å². The van der Waals surface area contributed by atoms with E-state index in [0.29, 0.717) is 6.61 Å². The van der Waals surface area contributed by atoms with Crippen LogP contribution in [-0.4, -0.2) is 22.2 Å². The van der Waals surface area contributed by atoms with E-state index in [-0.39, 0.29) is 4.75 Å². The molecule has 1 atom stereocenters. The molecule has 0 aliphatic carbocycles. The molecule has 1 saturated heterocycles. The van der Waals surface area contributed by atoms with Gasteiger partial charge in [0.15, 0.2) is 0 Å². The maximum Gasteiger partial charge on any atom is 0.0575 e. The highest BCUT2D eigenvalue weighted by Gasteiger charge is 2.24. The topological polar surface area (TPSA) is 20.2 Å². The lowest BCUT2D eigenvalue weighted by molar-refractivity contribution is 0.249. The van der Waals surface area contributed by atoms with Gasteiger partial charge in [0.25, 0.3) is 0 Å². The summed E-state index contributed by atoms with van der Waals surface area (Å²) in [5.74, 6) is 1.23. The van der Waals surface area contributed by atoms with Gasteiger partial charge in [-0.1, -0.05) is 12.8 Å². The summed E-state index contributed by atoms with van der Waals surface area (Å²) >= 11 is 1.94. The van der Waals surface area contributed by atoms with Gasteiger partial charge in [-0.15, -0.1) is 0 Å². The van der Waals surface area contributed by atoms with Crippen LogP contribution >= 0.6 is 11.8 Å². The molecule has 0 amide bonds. The summed E-state index contributed by atoms with van der Waals surface area (Å²) in [6.07, 6.45) is 5.17. The summed E-state index contributed by atoms with van der Waals surface area (Å²) in [5, 5.41) is 9.05. The third-order valence-electron chi connectivity index (χ3n) is 2.13. The van der Waals surface area contributed by atoms with Crippen molar-refractivity contribution in [2.75, 3.05) is 12.4 Å². The zero-order valence-corrected chi connectivity index (χ0v) is 7.41. The van der Waals surface area contributed by atoms with Crippen LogP contribution in [0.25, 0.3) is 0 Å². The largest absolute Gasteiger partial charge is 0.395 e. The van der Waals surface area contributed by atoms with E-state index in [0.717, 1.165) is 0 Å². The molecule has 0 radical (unpaired) electrons. The number of hydrogen-bond donors (Lipinski definition) is 1. The van der Waals surface area contributed by atoms with Crippen LogP contribution in [-0.2, 0) is 0 Å². The molecule has 2 heteroatoms. The van der Waals surface area contributed by atoms with Crippen molar-refractivity contribution in [3.8, 4) is 0 Å². The van der Waals surface area contributed by atoms with Crippen LogP contribution in [0, 0.1) is 0 Å². The van der Waals surface area contributed by atoms with Gasteiger partial charge in [0.05, 0.1) is 6.61 Å². The number of hydrogen-bond acceptors (Lipinski definition) is 2. The molecule has 1 nitrogen and oxygen atoms in total. The van der Waals surface area contributed by atoms with Crippen molar-refractivity contribution in [2.45, 2.75) is 37.4 Å². The summed E-state index contributed by atoms with van der Waals surface area (Å²) in [7, 11) is 0. The summed E-state index contributed by atoms with van der Waals surface area (Å²) < 4.78 is 0.177. The van der Waals surface area contributed by atoms with E-state index < -0.39 is 0 Å². The Labute approximate surface area is 67.2 Å². The van der Waals surface area contributed by atoms with Gasteiger partial charge in [-0.2, -0.15) is 11.8 Å². The Hall–Kier alpha value is 0.310. The summed E-state index contributed by atoms with van der Waals surface area (Å²) in [6.45, 7) is 2.51. The Balaban J connectivity index is 2.41. The highest BCUT2D eigenvalue weighted by molar-refractivity contribution is 8.00. The van der Waals surface area contributed by atoms with Gasteiger partial charge in [0.1, 0.15) is 0 Å². The van der Waals surface area contributed by atoms with E-state index in [1.165, 1.54) is 31.4 Å². The SMILES string of the molecule is CC1(CO)CCCCCS1. The van der Waals surface area contributed by atoms with Crippen molar-refractivity contribution in [3.05, 3.63) is 0 Å². The molecular formula is C8H16OS. The fourth-order valence-electron chi connectivity index (χ4n) is 1.29. The van der Waals surface area contributed by atoms with E-state index in [4.69, 9.17) is 5.11 Å². The minimum atomic E-state index is 0.177. The van der Waals surface area contributed by atoms with Crippen LogP contribution < -0.4 is 0 Å². The van der Waals surface area contributed by atoms with Crippen molar-refractivity contribution in [2.24, 2.45) is 0 Å². The van der Waals surface area contributed by atoms with Crippen LogP contribution in [0.4, 0.5) is 0 Å². The molecule has 1 aliphatic rings. The third-order valence-corrected chi connectivity index (χ3v) is 3.66. The number of thioether (sulfide) groups is 1. The van der Waals surface area contributed by atoms with Crippen LogP contribution in [0.1, 0.15) is 32.6 Å². The number of aliphatic hydroxyl groups excluding tert-OH is 1. The van der Waals surface area contributed by atoms with Crippen LogP contribution in [0.3, 0.4) is 0 Å².